The standard InChI is InChI=1S/C14H18FNO/c1-4-8-16-10(3)13-9(2)11-6-5-7-12(15)14(11)17-13/h5-7,10,16H,4,8H2,1-3H3. The number of fused-ring (bicyclic) bond motifs is 1. The van der Waals surface area contributed by atoms with Crippen LogP contribution in [0, 0.1) is 12.7 Å². The van der Waals surface area contributed by atoms with E-state index in [1.165, 1.54) is 6.07 Å². The first-order chi connectivity index (χ1) is 8.15. The molecule has 1 unspecified atom stereocenters. The van der Waals surface area contributed by atoms with Crippen molar-refractivity contribution in [2.45, 2.75) is 33.2 Å². The van der Waals surface area contributed by atoms with Crippen LogP contribution in [0.15, 0.2) is 22.6 Å². The van der Waals surface area contributed by atoms with E-state index >= 15 is 0 Å². The number of furan rings is 1. The number of rotatable bonds is 4. The summed E-state index contributed by atoms with van der Waals surface area (Å²) in [6, 6.07) is 5.15. The average molecular weight is 235 g/mol. The van der Waals surface area contributed by atoms with Gasteiger partial charge in [0.25, 0.3) is 0 Å². The Labute approximate surface area is 101 Å². The predicted molar refractivity (Wildman–Crippen MR) is 67.6 cm³/mol. The van der Waals surface area contributed by atoms with E-state index < -0.39 is 0 Å². The summed E-state index contributed by atoms with van der Waals surface area (Å²) in [6.07, 6.45) is 1.07. The van der Waals surface area contributed by atoms with Gasteiger partial charge in [0.1, 0.15) is 5.76 Å². The number of aryl methyl sites for hydroxylation is 1. The van der Waals surface area contributed by atoms with Gasteiger partial charge in [-0.05, 0) is 32.9 Å². The van der Waals surface area contributed by atoms with Crippen LogP contribution in [0.1, 0.15) is 37.6 Å². The summed E-state index contributed by atoms with van der Waals surface area (Å²) in [7, 11) is 0. The molecule has 0 bridgehead atoms. The Hall–Kier alpha value is -1.35. The molecule has 0 saturated heterocycles. The van der Waals surface area contributed by atoms with Gasteiger partial charge in [0.15, 0.2) is 11.4 Å². The highest BCUT2D eigenvalue weighted by Gasteiger charge is 2.17. The van der Waals surface area contributed by atoms with Crippen molar-refractivity contribution in [2.24, 2.45) is 0 Å². The minimum atomic E-state index is -0.292. The first-order valence-corrected chi connectivity index (χ1v) is 6.06. The molecule has 0 fully saturated rings. The number of para-hydroxylation sites is 1. The molecular formula is C14H18FNO. The van der Waals surface area contributed by atoms with Crippen LogP contribution >= 0.6 is 0 Å². The number of hydrogen-bond acceptors (Lipinski definition) is 2. The van der Waals surface area contributed by atoms with Gasteiger partial charge in [-0.3, -0.25) is 0 Å². The molecule has 0 saturated carbocycles. The van der Waals surface area contributed by atoms with Crippen molar-refractivity contribution in [1.82, 2.24) is 5.32 Å². The van der Waals surface area contributed by atoms with Gasteiger partial charge < -0.3 is 9.73 Å². The number of halogens is 1. The minimum Gasteiger partial charge on any atom is -0.456 e. The highest BCUT2D eigenvalue weighted by Crippen LogP contribution is 2.30. The SMILES string of the molecule is CCCNC(C)c1oc2c(F)cccc2c1C. The van der Waals surface area contributed by atoms with Crippen LogP contribution < -0.4 is 5.32 Å². The zero-order chi connectivity index (χ0) is 12.4. The van der Waals surface area contributed by atoms with Crippen molar-refractivity contribution < 1.29 is 8.81 Å². The first-order valence-electron chi connectivity index (χ1n) is 6.06. The first kappa shape index (κ1) is 12.1. The quantitative estimate of drug-likeness (QED) is 0.868. The lowest BCUT2D eigenvalue weighted by Crippen LogP contribution is -2.19. The minimum absolute atomic E-state index is 0.113. The second-order valence-corrected chi connectivity index (χ2v) is 4.38. The molecule has 0 aliphatic carbocycles. The van der Waals surface area contributed by atoms with E-state index in [0.717, 1.165) is 29.7 Å². The highest BCUT2D eigenvalue weighted by molar-refractivity contribution is 5.82. The van der Waals surface area contributed by atoms with Gasteiger partial charge in [-0.2, -0.15) is 0 Å². The lowest BCUT2D eigenvalue weighted by atomic mass is 10.1. The Balaban J connectivity index is 2.41. The van der Waals surface area contributed by atoms with Gasteiger partial charge in [-0.15, -0.1) is 0 Å². The van der Waals surface area contributed by atoms with E-state index in [-0.39, 0.29) is 11.9 Å². The fourth-order valence-corrected chi connectivity index (χ4v) is 2.09. The molecule has 1 N–H and O–H groups in total. The molecule has 2 nitrogen and oxygen atoms in total. The molecule has 0 spiro atoms. The molecular weight excluding hydrogens is 217 g/mol. The molecule has 0 radical (unpaired) electrons. The average Bonchev–Trinajstić information content (AvgIpc) is 2.66. The zero-order valence-electron chi connectivity index (χ0n) is 10.5. The maximum absolute atomic E-state index is 13.6. The molecule has 1 atom stereocenters. The van der Waals surface area contributed by atoms with Crippen molar-refractivity contribution in [2.75, 3.05) is 6.54 Å². The van der Waals surface area contributed by atoms with Crippen molar-refractivity contribution in [3.05, 3.63) is 35.3 Å². The van der Waals surface area contributed by atoms with Crippen LogP contribution in [0.3, 0.4) is 0 Å². The van der Waals surface area contributed by atoms with Crippen LogP contribution in [-0.2, 0) is 0 Å². The molecule has 2 rings (SSSR count). The van der Waals surface area contributed by atoms with Gasteiger partial charge in [0.05, 0.1) is 6.04 Å². The second-order valence-electron chi connectivity index (χ2n) is 4.38. The van der Waals surface area contributed by atoms with Crippen molar-refractivity contribution in [3.63, 3.8) is 0 Å². The topological polar surface area (TPSA) is 25.2 Å². The Morgan fingerprint density at radius 1 is 1.41 bits per heavy atom. The molecule has 92 valence electrons. The van der Waals surface area contributed by atoms with Crippen molar-refractivity contribution >= 4 is 11.0 Å². The van der Waals surface area contributed by atoms with E-state index in [1.54, 1.807) is 6.07 Å². The molecule has 17 heavy (non-hydrogen) atoms. The van der Waals surface area contributed by atoms with E-state index in [4.69, 9.17) is 4.42 Å². The van der Waals surface area contributed by atoms with Gasteiger partial charge in [-0.1, -0.05) is 19.1 Å². The summed E-state index contributed by atoms with van der Waals surface area (Å²) in [4.78, 5) is 0. The predicted octanol–water partition coefficient (Wildman–Crippen LogP) is 3.94. The van der Waals surface area contributed by atoms with E-state index in [9.17, 15) is 4.39 Å². The molecule has 0 amide bonds. The van der Waals surface area contributed by atoms with Gasteiger partial charge in [-0.25, -0.2) is 4.39 Å². The lowest BCUT2D eigenvalue weighted by Gasteiger charge is -2.11. The molecule has 1 aromatic carbocycles. The lowest BCUT2D eigenvalue weighted by molar-refractivity contribution is 0.440. The fourth-order valence-electron chi connectivity index (χ4n) is 2.09. The molecule has 1 aromatic heterocycles. The monoisotopic (exact) mass is 235 g/mol. The normalized spacial score (nSPS) is 13.2. The maximum Gasteiger partial charge on any atom is 0.170 e. The van der Waals surface area contributed by atoms with E-state index in [2.05, 4.69) is 12.2 Å². The van der Waals surface area contributed by atoms with Crippen LogP contribution in [0.2, 0.25) is 0 Å². The molecule has 1 heterocycles. The van der Waals surface area contributed by atoms with Crippen LogP contribution in [0.25, 0.3) is 11.0 Å². The summed E-state index contributed by atoms with van der Waals surface area (Å²) in [5.41, 5.74) is 1.39. The fraction of sp³-hybridized carbons (Fsp3) is 0.429. The molecule has 0 aliphatic heterocycles. The molecule has 2 aromatic rings. The summed E-state index contributed by atoms with van der Waals surface area (Å²) in [5, 5.41) is 4.22. The van der Waals surface area contributed by atoms with Crippen molar-refractivity contribution in [1.29, 1.82) is 0 Å². The Morgan fingerprint density at radius 3 is 2.82 bits per heavy atom. The Morgan fingerprint density at radius 2 is 2.18 bits per heavy atom. The van der Waals surface area contributed by atoms with Crippen molar-refractivity contribution in [3.8, 4) is 0 Å². The Bertz CT molecular complexity index is 518. The molecule has 3 heteroatoms. The van der Waals surface area contributed by atoms with E-state index in [0.29, 0.717) is 5.58 Å². The summed E-state index contributed by atoms with van der Waals surface area (Å²) in [6.45, 7) is 7.06. The smallest absolute Gasteiger partial charge is 0.170 e. The Kier molecular flexibility index (Phi) is 3.48. The maximum atomic E-state index is 13.6. The summed E-state index contributed by atoms with van der Waals surface area (Å²) < 4.78 is 19.2. The van der Waals surface area contributed by atoms with Crippen LogP contribution in [-0.4, -0.2) is 6.54 Å². The largest absolute Gasteiger partial charge is 0.456 e. The third kappa shape index (κ3) is 2.20. The van der Waals surface area contributed by atoms with Gasteiger partial charge in [0, 0.05) is 10.9 Å². The molecule has 0 aliphatic rings. The number of benzene rings is 1. The highest BCUT2D eigenvalue weighted by atomic mass is 19.1. The summed E-state index contributed by atoms with van der Waals surface area (Å²) in [5.74, 6) is 0.540. The third-order valence-corrected chi connectivity index (χ3v) is 3.05. The van der Waals surface area contributed by atoms with Gasteiger partial charge >= 0.3 is 0 Å². The van der Waals surface area contributed by atoms with Crippen LogP contribution in [0.5, 0.6) is 0 Å². The van der Waals surface area contributed by atoms with E-state index in [1.807, 2.05) is 19.9 Å². The summed E-state index contributed by atoms with van der Waals surface area (Å²) >= 11 is 0. The number of hydrogen-bond donors (Lipinski definition) is 1. The third-order valence-electron chi connectivity index (χ3n) is 3.05. The second kappa shape index (κ2) is 4.88. The number of nitrogens with one attached hydrogen (secondary N) is 1. The zero-order valence-corrected chi connectivity index (χ0v) is 10.5. The van der Waals surface area contributed by atoms with Crippen LogP contribution in [0.4, 0.5) is 4.39 Å². The van der Waals surface area contributed by atoms with Gasteiger partial charge in [0.2, 0.25) is 0 Å².